The van der Waals surface area contributed by atoms with E-state index >= 15 is 0 Å². The summed E-state index contributed by atoms with van der Waals surface area (Å²) >= 11 is 5.87. The molecule has 2 heterocycles. The van der Waals surface area contributed by atoms with Crippen molar-refractivity contribution in [1.29, 1.82) is 5.26 Å². The number of pyridine rings is 1. The highest BCUT2D eigenvalue weighted by molar-refractivity contribution is 6.31. The van der Waals surface area contributed by atoms with Gasteiger partial charge >= 0.3 is 6.18 Å². The molecule has 1 aromatic carbocycles. The van der Waals surface area contributed by atoms with Crippen molar-refractivity contribution in [3.8, 4) is 11.8 Å². The minimum atomic E-state index is -4.66. The van der Waals surface area contributed by atoms with E-state index in [0.717, 1.165) is 0 Å². The molecule has 0 saturated carbocycles. The van der Waals surface area contributed by atoms with Gasteiger partial charge < -0.3 is 0 Å². The third-order valence-electron chi connectivity index (χ3n) is 4.21. The van der Waals surface area contributed by atoms with E-state index in [9.17, 15) is 27.6 Å². The van der Waals surface area contributed by atoms with Gasteiger partial charge in [-0.1, -0.05) is 11.6 Å². The molecule has 1 atom stereocenters. The Labute approximate surface area is 167 Å². The van der Waals surface area contributed by atoms with Crippen LogP contribution in [0.15, 0.2) is 42.7 Å². The summed E-state index contributed by atoms with van der Waals surface area (Å²) < 4.78 is 52.8. The number of ketones is 1. The van der Waals surface area contributed by atoms with E-state index in [1.807, 2.05) is 0 Å². The van der Waals surface area contributed by atoms with Gasteiger partial charge in [-0.15, -0.1) is 0 Å². The van der Waals surface area contributed by atoms with Gasteiger partial charge in [-0.3, -0.25) is 9.78 Å². The maximum absolute atomic E-state index is 13.1. The lowest BCUT2D eigenvalue weighted by atomic mass is 9.95. The zero-order chi connectivity index (χ0) is 21.3. The molecule has 0 bridgehead atoms. The molecule has 2 aromatic heterocycles. The number of hydrogen-bond acceptors (Lipinski definition) is 4. The first-order chi connectivity index (χ1) is 13.6. The van der Waals surface area contributed by atoms with Crippen LogP contribution in [0.3, 0.4) is 0 Å². The number of rotatable bonds is 4. The van der Waals surface area contributed by atoms with Gasteiger partial charge in [0.2, 0.25) is 0 Å². The Hall–Kier alpha value is -3.25. The van der Waals surface area contributed by atoms with Gasteiger partial charge in [-0.05, 0) is 37.3 Å². The molecule has 0 fully saturated rings. The predicted molar refractivity (Wildman–Crippen MR) is 95.2 cm³/mol. The van der Waals surface area contributed by atoms with E-state index < -0.39 is 34.3 Å². The highest BCUT2D eigenvalue weighted by atomic mass is 35.5. The second kappa shape index (κ2) is 7.64. The number of carbonyl (C=O) groups excluding carboxylic acids is 1. The Bertz CT molecular complexity index is 1120. The van der Waals surface area contributed by atoms with Gasteiger partial charge in [0.1, 0.15) is 5.82 Å². The summed E-state index contributed by atoms with van der Waals surface area (Å²) in [5, 5.41) is 13.1. The lowest BCUT2D eigenvalue weighted by Crippen LogP contribution is -2.15. The Kier molecular flexibility index (Phi) is 5.40. The molecule has 0 spiro atoms. The van der Waals surface area contributed by atoms with Crippen molar-refractivity contribution in [3.05, 3.63) is 76.1 Å². The maximum Gasteiger partial charge on any atom is 0.417 e. The van der Waals surface area contributed by atoms with E-state index in [0.29, 0.717) is 23.6 Å². The first-order valence-corrected chi connectivity index (χ1v) is 8.48. The second-order valence-electron chi connectivity index (χ2n) is 6.05. The van der Waals surface area contributed by atoms with E-state index in [-0.39, 0.29) is 11.3 Å². The van der Waals surface area contributed by atoms with E-state index in [1.54, 1.807) is 13.0 Å². The molecule has 3 aromatic rings. The van der Waals surface area contributed by atoms with Gasteiger partial charge in [0.25, 0.3) is 0 Å². The molecule has 5 nitrogen and oxygen atoms in total. The number of nitrogens with zero attached hydrogens (tertiary/aromatic N) is 4. The summed E-state index contributed by atoms with van der Waals surface area (Å²) in [6.07, 6.45) is -2.91. The van der Waals surface area contributed by atoms with Crippen LogP contribution in [-0.4, -0.2) is 20.5 Å². The summed E-state index contributed by atoms with van der Waals surface area (Å²) in [5.41, 5.74) is -0.442. The third-order valence-corrected chi connectivity index (χ3v) is 4.51. The van der Waals surface area contributed by atoms with Crippen molar-refractivity contribution in [2.45, 2.75) is 19.0 Å². The summed E-state index contributed by atoms with van der Waals surface area (Å²) in [5.74, 6) is -2.68. The molecule has 0 aliphatic carbocycles. The largest absolute Gasteiger partial charge is 0.417 e. The van der Waals surface area contributed by atoms with Crippen molar-refractivity contribution >= 4 is 17.4 Å². The van der Waals surface area contributed by atoms with Crippen molar-refractivity contribution in [3.63, 3.8) is 0 Å². The van der Waals surface area contributed by atoms with Crippen molar-refractivity contribution in [1.82, 2.24) is 14.8 Å². The van der Waals surface area contributed by atoms with Gasteiger partial charge in [0.15, 0.2) is 11.7 Å². The van der Waals surface area contributed by atoms with Gasteiger partial charge in [-0.2, -0.15) is 23.5 Å². The van der Waals surface area contributed by atoms with Crippen LogP contribution in [0.25, 0.3) is 5.69 Å². The second-order valence-corrected chi connectivity index (χ2v) is 6.45. The smallest absolute Gasteiger partial charge is 0.292 e. The molecule has 0 aliphatic rings. The topological polar surface area (TPSA) is 71.6 Å². The minimum absolute atomic E-state index is 0.0682. The fraction of sp³-hybridized carbons (Fsp3) is 0.158. The van der Waals surface area contributed by atoms with Crippen molar-refractivity contribution in [2.24, 2.45) is 0 Å². The summed E-state index contributed by atoms with van der Waals surface area (Å²) in [6.45, 7) is 1.57. The van der Waals surface area contributed by atoms with Crippen molar-refractivity contribution < 1.29 is 22.4 Å². The van der Waals surface area contributed by atoms with Gasteiger partial charge in [0, 0.05) is 6.20 Å². The monoisotopic (exact) mass is 422 g/mol. The molecule has 0 amide bonds. The molecule has 0 N–H and O–H groups in total. The summed E-state index contributed by atoms with van der Waals surface area (Å²) in [6, 6.07) is 7.72. The van der Waals surface area contributed by atoms with Gasteiger partial charge in [0.05, 0.1) is 45.5 Å². The molecule has 0 aliphatic heterocycles. The zero-order valence-corrected chi connectivity index (χ0v) is 15.5. The first-order valence-electron chi connectivity index (χ1n) is 8.10. The molecule has 29 heavy (non-hydrogen) atoms. The van der Waals surface area contributed by atoms with E-state index in [2.05, 4.69) is 10.1 Å². The number of halogens is 5. The standard InChI is InChI=1S/C19H11ClF4N4O/c1-10-15(9-27-28(10)13-4-2-12(21)3-5-13)18(29)14(7-25)17-16(20)6-11(8-26-17)19(22,23)24/h2-6,8-9,14H,1H3. The maximum atomic E-state index is 13.1. The molecule has 10 heteroatoms. The Balaban J connectivity index is 1.97. The SMILES string of the molecule is Cc1c(C(=O)C(C#N)c2ncc(C(F)(F)F)cc2Cl)cnn1-c1ccc(F)cc1. The molecule has 1 unspecified atom stereocenters. The number of benzene rings is 1. The third kappa shape index (κ3) is 3.98. The number of alkyl halides is 3. The van der Waals surface area contributed by atoms with Crippen LogP contribution in [0, 0.1) is 24.1 Å². The Morgan fingerprint density at radius 3 is 2.45 bits per heavy atom. The van der Waals surface area contributed by atoms with Crippen LogP contribution >= 0.6 is 11.6 Å². The first kappa shape index (κ1) is 20.5. The molecular formula is C19H11ClF4N4O. The van der Waals surface area contributed by atoms with Crippen LogP contribution in [-0.2, 0) is 6.18 Å². The number of nitriles is 1. The molecular weight excluding hydrogens is 412 g/mol. The zero-order valence-electron chi connectivity index (χ0n) is 14.7. The molecule has 3 rings (SSSR count). The normalized spacial score (nSPS) is 12.4. The number of carbonyl (C=O) groups is 1. The van der Waals surface area contributed by atoms with Crippen LogP contribution in [0.4, 0.5) is 17.6 Å². The summed E-state index contributed by atoms with van der Waals surface area (Å²) in [4.78, 5) is 16.5. The average molecular weight is 423 g/mol. The number of Topliss-reactive ketones (excluding diaryl/α,β-unsaturated/α-hetero) is 1. The quantitative estimate of drug-likeness (QED) is 0.444. The van der Waals surface area contributed by atoms with Crippen LogP contribution < -0.4 is 0 Å². The van der Waals surface area contributed by atoms with Gasteiger partial charge in [-0.25, -0.2) is 9.07 Å². The minimum Gasteiger partial charge on any atom is -0.292 e. The molecule has 0 saturated heterocycles. The molecule has 148 valence electrons. The number of aromatic nitrogens is 3. The average Bonchev–Trinajstić information content (AvgIpc) is 3.04. The molecule has 0 radical (unpaired) electrons. The Morgan fingerprint density at radius 2 is 1.90 bits per heavy atom. The van der Waals surface area contributed by atoms with E-state index in [1.165, 1.54) is 35.1 Å². The lowest BCUT2D eigenvalue weighted by molar-refractivity contribution is -0.137. The van der Waals surface area contributed by atoms with E-state index in [4.69, 9.17) is 11.6 Å². The fourth-order valence-corrected chi connectivity index (χ4v) is 2.98. The fourth-order valence-electron chi connectivity index (χ4n) is 2.71. The summed E-state index contributed by atoms with van der Waals surface area (Å²) in [7, 11) is 0. The number of hydrogen-bond donors (Lipinski definition) is 0. The lowest BCUT2D eigenvalue weighted by Gasteiger charge is -2.12. The highest BCUT2D eigenvalue weighted by Crippen LogP contribution is 2.34. The van der Waals surface area contributed by atoms with Crippen molar-refractivity contribution in [2.75, 3.05) is 0 Å². The highest BCUT2D eigenvalue weighted by Gasteiger charge is 2.34. The van der Waals surface area contributed by atoms with Crippen LogP contribution in [0.2, 0.25) is 5.02 Å². The van der Waals surface area contributed by atoms with Crippen LogP contribution in [0.5, 0.6) is 0 Å². The van der Waals surface area contributed by atoms with Crippen LogP contribution in [0.1, 0.15) is 33.2 Å². The Morgan fingerprint density at radius 1 is 1.24 bits per heavy atom. The predicted octanol–water partition coefficient (Wildman–Crippen LogP) is 4.88.